The van der Waals surface area contributed by atoms with Crippen molar-refractivity contribution in [3.63, 3.8) is 0 Å². The summed E-state index contributed by atoms with van der Waals surface area (Å²) in [6.45, 7) is 2.45. The average Bonchev–Trinajstić information content (AvgIpc) is 2.42. The number of aliphatic carboxylic acids is 1. The first-order valence-electron chi connectivity index (χ1n) is 5.88. The van der Waals surface area contributed by atoms with Gasteiger partial charge in [0.15, 0.2) is 11.5 Å². The van der Waals surface area contributed by atoms with Gasteiger partial charge >= 0.3 is 5.97 Å². The lowest BCUT2D eigenvalue weighted by atomic mass is 10.1. The Balaban J connectivity index is 3.23. The highest BCUT2D eigenvalue weighted by Gasteiger charge is 2.13. The topological polar surface area (TPSA) is 79.5 Å². The molecule has 5 nitrogen and oxygen atoms in total. The number of ether oxygens (including phenoxy) is 2. The molecule has 0 aliphatic carbocycles. The maximum absolute atomic E-state index is 10.8. The van der Waals surface area contributed by atoms with Gasteiger partial charge < -0.3 is 14.6 Å². The fourth-order valence-corrected chi connectivity index (χ4v) is 1.75. The summed E-state index contributed by atoms with van der Waals surface area (Å²) >= 11 is 6.09. The highest BCUT2D eigenvalue weighted by molar-refractivity contribution is 6.32. The molecule has 0 radical (unpaired) electrons. The number of rotatable bonds is 6. The van der Waals surface area contributed by atoms with E-state index in [4.69, 9.17) is 31.4 Å². The molecular weight excluding hydrogens is 282 g/mol. The van der Waals surface area contributed by atoms with Crippen LogP contribution in [0.2, 0.25) is 5.02 Å². The quantitative estimate of drug-likeness (QED) is 0.644. The Morgan fingerprint density at radius 2 is 2.25 bits per heavy atom. The lowest BCUT2D eigenvalue weighted by Crippen LogP contribution is -2.00. The number of methoxy groups -OCH3 is 1. The zero-order chi connectivity index (χ0) is 15.1. The summed E-state index contributed by atoms with van der Waals surface area (Å²) in [5.41, 5.74) is 0.0694. The molecule has 106 valence electrons. The van der Waals surface area contributed by atoms with Gasteiger partial charge in [-0.2, -0.15) is 5.26 Å². The first kappa shape index (κ1) is 15.9. The van der Waals surface area contributed by atoms with Crippen LogP contribution in [0.5, 0.6) is 11.5 Å². The number of benzene rings is 1. The normalized spacial score (nSPS) is 10.8. The van der Waals surface area contributed by atoms with Gasteiger partial charge in [0.1, 0.15) is 11.6 Å². The van der Waals surface area contributed by atoms with Gasteiger partial charge in [0.25, 0.3) is 0 Å². The molecule has 0 aromatic heterocycles. The van der Waals surface area contributed by atoms with E-state index in [9.17, 15) is 4.79 Å². The van der Waals surface area contributed by atoms with Gasteiger partial charge in [0.2, 0.25) is 0 Å². The highest BCUT2D eigenvalue weighted by Crippen LogP contribution is 2.37. The lowest BCUT2D eigenvalue weighted by molar-refractivity contribution is -0.132. The van der Waals surface area contributed by atoms with E-state index in [2.05, 4.69) is 0 Å². The SMILES string of the molecule is CCCOc1c(Cl)cc(/C=C(\C#N)C(=O)O)cc1OC. The van der Waals surface area contributed by atoms with Crippen LogP contribution in [0, 0.1) is 11.3 Å². The fraction of sp³-hybridized carbons (Fsp3) is 0.286. The third kappa shape index (κ3) is 3.90. The van der Waals surface area contributed by atoms with Gasteiger partial charge in [-0.15, -0.1) is 0 Å². The number of carboxylic acid groups (broad SMARTS) is 1. The second-order valence-electron chi connectivity index (χ2n) is 3.86. The first-order chi connectivity index (χ1) is 9.53. The van der Waals surface area contributed by atoms with E-state index in [1.807, 2.05) is 6.92 Å². The van der Waals surface area contributed by atoms with Crippen LogP contribution < -0.4 is 9.47 Å². The molecule has 0 fully saturated rings. The predicted octanol–water partition coefficient (Wildman–Crippen LogP) is 3.13. The summed E-state index contributed by atoms with van der Waals surface area (Å²) in [4.78, 5) is 10.8. The van der Waals surface area contributed by atoms with E-state index in [1.54, 1.807) is 12.1 Å². The van der Waals surface area contributed by atoms with Crippen molar-refractivity contribution in [3.8, 4) is 17.6 Å². The van der Waals surface area contributed by atoms with Crippen LogP contribution in [-0.4, -0.2) is 24.8 Å². The van der Waals surface area contributed by atoms with Gasteiger partial charge in [-0.25, -0.2) is 4.79 Å². The Hall–Kier alpha value is -2.19. The van der Waals surface area contributed by atoms with E-state index >= 15 is 0 Å². The molecular formula is C14H14ClNO4. The zero-order valence-electron chi connectivity index (χ0n) is 11.1. The van der Waals surface area contributed by atoms with Crippen molar-refractivity contribution in [2.75, 3.05) is 13.7 Å². The molecule has 0 bridgehead atoms. The molecule has 0 amide bonds. The molecule has 0 spiro atoms. The third-order valence-electron chi connectivity index (χ3n) is 2.36. The number of hydrogen-bond donors (Lipinski definition) is 1. The van der Waals surface area contributed by atoms with Crippen LogP contribution in [0.15, 0.2) is 17.7 Å². The maximum atomic E-state index is 10.8. The number of carbonyl (C=O) groups is 1. The highest BCUT2D eigenvalue weighted by atomic mass is 35.5. The summed E-state index contributed by atoms with van der Waals surface area (Å²) < 4.78 is 10.7. The summed E-state index contributed by atoms with van der Waals surface area (Å²) in [5, 5.41) is 17.9. The zero-order valence-corrected chi connectivity index (χ0v) is 11.9. The van der Waals surface area contributed by atoms with Crippen LogP contribution in [0.4, 0.5) is 0 Å². The predicted molar refractivity (Wildman–Crippen MR) is 75.0 cm³/mol. The summed E-state index contributed by atoms with van der Waals surface area (Å²) in [6.07, 6.45) is 2.04. The molecule has 0 heterocycles. The van der Waals surface area contributed by atoms with E-state index in [0.717, 1.165) is 6.42 Å². The molecule has 1 N–H and O–H groups in total. The lowest BCUT2D eigenvalue weighted by Gasteiger charge is -2.12. The minimum absolute atomic E-state index is 0.298. The van der Waals surface area contributed by atoms with Crippen molar-refractivity contribution >= 4 is 23.6 Å². The van der Waals surface area contributed by atoms with Gasteiger partial charge in [-0.1, -0.05) is 18.5 Å². The number of carboxylic acids is 1. The molecule has 0 saturated carbocycles. The Kier molecular flexibility index (Phi) is 5.88. The fourth-order valence-electron chi connectivity index (χ4n) is 1.48. The van der Waals surface area contributed by atoms with Crippen LogP contribution in [0.3, 0.4) is 0 Å². The standard InChI is InChI=1S/C14H14ClNO4/c1-3-4-20-13-11(15)6-9(7-12(13)19-2)5-10(8-16)14(17)18/h5-7H,3-4H2,1-2H3,(H,17,18)/b10-5+. The molecule has 0 aliphatic rings. The van der Waals surface area contributed by atoms with Crippen LogP contribution in [0.1, 0.15) is 18.9 Å². The molecule has 1 aromatic rings. The molecule has 6 heteroatoms. The Morgan fingerprint density at radius 3 is 2.75 bits per heavy atom. The van der Waals surface area contributed by atoms with Crippen LogP contribution in [-0.2, 0) is 4.79 Å². The second-order valence-corrected chi connectivity index (χ2v) is 4.26. The summed E-state index contributed by atoms with van der Waals surface area (Å²) in [7, 11) is 1.46. The van der Waals surface area contributed by atoms with Crippen LogP contribution in [0.25, 0.3) is 6.08 Å². The van der Waals surface area contributed by atoms with Crippen molar-refractivity contribution in [1.82, 2.24) is 0 Å². The average molecular weight is 296 g/mol. The minimum Gasteiger partial charge on any atom is -0.493 e. The van der Waals surface area contributed by atoms with Gasteiger partial charge in [-0.3, -0.25) is 0 Å². The Morgan fingerprint density at radius 1 is 1.55 bits per heavy atom. The van der Waals surface area contributed by atoms with E-state index < -0.39 is 5.97 Å². The van der Waals surface area contributed by atoms with Crippen LogP contribution >= 0.6 is 11.6 Å². The minimum atomic E-state index is -1.30. The van der Waals surface area contributed by atoms with Crippen molar-refractivity contribution in [1.29, 1.82) is 5.26 Å². The van der Waals surface area contributed by atoms with Crippen molar-refractivity contribution in [2.24, 2.45) is 0 Å². The van der Waals surface area contributed by atoms with E-state index in [0.29, 0.717) is 28.7 Å². The second kappa shape index (κ2) is 7.41. The molecule has 20 heavy (non-hydrogen) atoms. The Bertz CT molecular complexity index is 575. The Labute approximate surface area is 122 Å². The van der Waals surface area contributed by atoms with Gasteiger partial charge in [0.05, 0.1) is 18.7 Å². The van der Waals surface area contributed by atoms with Gasteiger partial charge in [-0.05, 0) is 30.2 Å². The largest absolute Gasteiger partial charge is 0.493 e. The number of hydrogen-bond acceptors (Lipinski definition) is 4. The van der Waals surface area contributed by atoms with Crippen molar-refractivity contribution in [2.45, 2.75) is 13.3 Å². The van der Waals surface area contributed by atoms with E-state index in [1.165, 1.54) is 19.3 Å². The smallest absolute Gasteiger partial charge is 0.346 e. The third-order valence-corrected chi connectivity index (χ3v) is 2.64. The molecule has 0 aliphatic heterocycles. The molecule has 0 unspecified atom stereocenters. The number of nitriles is 1. The molecule has 0 saturated heterocycles. The molecule has 1 rings (SSSR count). The monoisotopic (exact) mass is 295 g/mol. The van der Waals surface area contributed by atoms with E-state index in [-0.39, 0.29) is 5.57 Å². The number of halogens is 1. The van der Waals surface area contributed by atoms with Crippen molar-refractivity contribution in [3.05, 3.63) is 28.3 Å². The first-order valence-corrected chi connectivity index (χ1v) is 6.26. The maximum Gasteiger partial charge on any atom is 0.346 e. The van der Waals surface area contributed by atoms with Crippen molar-refractivity contribution < 1.29 is 19.4 Å². The number of nitrogens with zero attached hydrogens (tertiary/aromatic N) is 1. The van der Waals surface area contributed by atoms with Gasteiger partial charge in [0, 0.05) is 0 Å². The molecule has 0 atom stereocenters. The summed E-state index contributed by atoms with van der Waals surface area (Å²) in [6, 6.07) is 4.69. The molecule has 1 aromatic carbocycles. The summed E-state index contributed by atoms with van der Waals surface area (Å²) in [5.74, 6) is -0.504.